The summed E-state index contributed by atoms with van der Waals surface area (Å²) in [4.78, 5) is 5.38. The van der Waals surface area contributed by atoms with E-state index in [1.165, 1.54) is 63.1 Å². The molecule has 5 rings (SSSR count). The van der Waals surface area contributed by atoms with E-state index >= 15 is 0 Å². The summed E-state index contributed by atoms with van der Waals surface area (Å²) in [5, 5.41) is 0. The Morgan fingerprint density at radius 3 is 2.44 bits per heavy atom. The Hall–Kier alpha value is -1.80. The van der Waals surface area contributed by atoms with Gasteiger partial charge in [0.1, 0.15) is 0 Å². The topological polar surface area (TPSA) is 6.48 Å². The van der Waals surface area contributed by atoms with Crippen LogP contribution in [0, 0.1) is 5.92 Å². The van der Waals surface area contributed by atoms with Gasteiger partial charge in [0, 0.05) is 43.0 Å². The fourth-order valence-corrected chi connectivity index (χ4v) is 5.46. The van der Waals surface area contributed by atoms with Crippen LogP contribution in [0.1, 0.15) is 43.6 Å². The highest BCUT2D eigenvalue weighted by molar-refractivity contribution is 5.72. The summed E-state index contributed by atoms with van der Waals surface area (Å²) in [5.41, 5.74) is 4.35. The van der Waals surface area contributed by atoms with Crippen molar-refractivity contribution < 1.29 is 0 Å². The molecule has 0 radical (unpaired) electrons. The van der Waals surface area contributed by atoms with Gasteiger partial charge in [-0.05, 0) is 48.9 Å². The molecule has 1 saturated heterocycles. The van der Waals surface area contributed by atoms with Gasteiger partial charge in [0.05, 0.1) is 0 Å². The molecule has 0 unspecified atom stereocenters. The first-order valence-electron chi connectivity index (χ1n) is 10.1. The minimum Gasteiger partial charge on any atom is -0.337 e. The van der Waals surface area contributed by atoms with Gasteiger partial charge in [0.2, 0.25) is 0 Å². The highest BCUT2D eigenvalue weighted by atomic mass is 15.2. The number of para-hydroxylation sites is 2. The van der Waals surface area contributed by atoms with Crippen molar-refractivity contribution in [2.45, 2.75) is 44.1 Å². The first kappa shape index (κ1) is 15.5. The molecule has 1 saturated carbocycles. The maximum Gasteiger partial charge on any atom is 0.0450 e. The number of benzene rings is 2. The summed E-state index contributed by atoms with van der Waals surface area (Å²) in [6.07, 6.45) is 7.10. The van der Waals surface area contributed by atoms with Gasteiger partial charge < -0.3 is 9.80 Å². The molecule has 2 fully saturated rings. The molecule has 2 heterocycles. The number of fused-ring (bicyclic) bond motifs is 3. The van der Waals surface area contributed by atoms with Gasteiger partial charge in [-0.15, -0.1) is 0 Å². The largest absolute Gasteiger partial charge is 0.337 e. The fraction of sp³-hybridized carbons (Fsp3) is 0.478. The second-order valence-electron chi connectivity index (χ2n) is 8.14. The second kappa shape index (κ2) is 6.49. The fourth-order valence-electron chi connectivity index (χ4n) is 5.46. The molecule has 130 valence electrons. The molecular formula is C23H28N2. The maximum absolute atomic E-state index is 2.77. The summed E-state index contributed by atoms with van der Waals surface area (Å²) in [7, 11) is 0. The zero-order valence-corrected chi connectivity index (χ0v) is 15.0. The zero-order valence-electron chi connectivity index (χ0n) is 15.0. The Morgan fingerprint density at radius 1 is 0.840 bits per heavy atom. The van der Waals surface area contributed by atoms with E-state index < -0.39 is 0 Å². The molecule has 2 aromatic carbocycles. The predicted octanol–water partition coefficient (Wildman–Crippen LogP) is 5.19. The molecule has 0 aromatic heterocycles. The van der Waals surface area contributed by atoms with Crippen LogP contribution in [-0.2, 0) is 0 Å². The minimum absolute atomic E-state index is 0.625. The molecule has 0 bridgehead atoms. The molecule has 0 amide bonds. The van der Waals surface area contributed by atoms with Crippen LogP contribution in [0.5, 0.6) is 0 Å². The average molecular weight is 332 g/mol. The van der Waals surface area contributed by atoms with Crippen LogP contribution in [0.25, 0.3) is 0 Å². The lowest BCUT2D eigenvalue weighted by Gasteiger charge is -2.40. The summed E-state index contributed by atoms with van der Waals surface area (Å²) < 4.78 is 0. The standard InChI is InChI=1S/C23H28N2/c1-2-10-19(11-3-1)25-22-13-7-6-12-20(22)21-17-24(15-14-23(21)25)16-18-8-4-5-9-18/h1-3,6-7,10-13,18,21,23H,4-5,8-9,14-17H2/t21-,23+/m0/s1. The molecule has 2 atom stereocenters. The number of hydrogen-bond acceptors (Lipinski definition) is 2. The Labute approximate surface area is 151 Å². The van der Waals surface area contributed by atoms with Crippen molar-refractivity contribution in [3.05, 3.63) is 60.2 Å². The van der Waals surface area contributed by atoms with E-state index in [9.17, 15) is 0 Å². The van der Waals surface area contributed by atoms with Crippen molar-refractivity contribution in [3.63, 3.8) is 0 Å². The number of hydrogen-bond donors (Lipinski definition) is 0. The average Bonchev–Trinajstić information content (AvgIpc) is 3.28. The van der Waals surface area contributed by atoms with Crippen LogP contribution >= 0.6 is 0 Å². The lowest BCUT2D eigenvalue weighted by Crippen LogP contribution is -2.46. The lowest BCUT2D eigenvalue weighted by molar-refractivity contribution is 0.171. The van der Waals surface area contributed by atoms with Gasteiger partial charge in [-0.1, -0.05) is 49.2 Å². The molecule has 2 aliphatic heterocycles. The number of piperidine rings is 1. The van der Waals surface area contributed by atoms with Crippen LogP contribution in [0.4, 0.5) is 11.4 Å². The van der Waals surface area contributed by atoms with Gasteiger partial charge in [0.15, 0.2) is 0 Å². The monoisotopic (exact) mass is 332 g/mol. The van der Waals surface area contributed by atoms with Crippen molar-refractivity contribution in [2.75, 3.05) is 24.5 Å². The molecule has 0 N–H and O–H groups in total. The normalized spacial score (nSPS) is 26.6. The summed E-state index contributed by atoms with van der Waals surface area (Å²) in [6.45, 7) is 3.83. The van der Waals surface area contributed by atoms with E-state index in [0.717, 1.165) is 5.92 Å². The summed E-state index contributed by atoms with van der Waals surface area (Å²) >= 11 is 0. The third-order valence-corrected chi connectivity index (χ3v) is 6.61. The van der Waals surface area contributed by atoms with Crippen LogP contribution in [0.3, 0.4) is 0 Å². The minimum atomic E-state index is 0.625. The van der Waals surface area contributed by atoms with Gasteiger partial charge in [-0.3, -0.25) is 0 Å². The number of likely N-dealkylation sites (tertiary alicyclic amines) is 1. The Morgan fingerprint density at radius 2 is 1.60 bits per heavy atom. The van der Waals surface area contributed by atoms with Crippen LogP contribution in [-0.4, -0.2) is 30.6 Å². The maximum atomic E-state index is 2.77. The third-order valence-electron chi connectivity index (χ3n) is 6.61. The van der Waals surface area contributed by atoms with Crippen molar-refractivity contribution in [1.29, 1.82) is 0 Å². The Kier molecular flexibility index (Phi) is 4.01. The van der Waals surface area contributed by atoms with Gasteiger partial charge in [-0.2, -0.15) is 0 Å². The summed E-state index contributed by atoms with van der Waals surface area (Å²) in [6, 6.07) is 20.7. The van der Waals surface area contributed by atoms with Gasteiger partial charge >= 0.3 is 0 Å². The molecule has 2 nitrogen and oxygen atoms in total. The predicted molar refractivity (Wildman–Crippen MR) is 105 cm³/mol. The first-order valence-corrected chi connectivity index (χ1v) is 10.1. The Balaban J connectivity index is 1.43. The van der Waals surface area contributed by atoms with Crippen molar-refractivity contribution in [2.24, 2.45) is 5.92 Å². The number of nitrogens with zero attached hydrogens (tertiary/aromatic N) is 2. The Bertz CT molecular complexity index is 720. The highest BCUT2D eigenvalue weighted by Crippen LogP contribution is 2.48. The van der Waals surface area contributed by atoms with E-state index in [2.05, 4.69) is 64.4 Å². The number of anilines is 2. The lowest BCUT2D eigenvalue weighted by atomic mass is 9.88. The van der Waals surface area contributed by atoms with Crippen LogP contribution in [0.15, 0.2) is 54.6 Å². The quantitative estimate of drug-likeness (QED) is 0.763. The smallest absolute Gasteiger partial charge is 0.0450 e. The zero-order chi connectivity index (χ0) is 16.6. The van der Waals surface area contributed by atoms with Gasteiger partial charge in [-0.25, -0.2) is 0 Å². The van der Waals surface area contributed by atoms with Crippen molar-refractivity contribution in [1.82, 2.24) is 4.90 Å². The molecule has 1 aliphatic carbocycles. The first-order chi connectivity index (χ1) is 12.4. The molecule has 2 heteroatoms. The van der Waals surface area contributed by atoms with Gasteiger partial charge in [0.25, 0.3) is 0 Å². The van der Waals surface area contributed by atoms with Crippen LogP contribution in [0.2, 0.25) is 0 Å². The van der Waals surface area contributed by atoms with Crippen molar-refractivity contribution in [3.8, 4) is 0 Å². The summed E-state index contributed by atoms with van der Waals surface area (Å²) in [5.74, 6) is 1.62. The van der Waals surface area contributed by atoms with E-state index in [0.29, 0.717) is 12.0 Å². The molecule has 25 heavy (non-hydrogen) atoms. The highest BCUT2D eigenvalue weighted by Gasteiger charge is 2.42. The van der Waals surface area contributed by atoms with E-state index in [4.69, 9.17) is 0 Å². The van der Waals surface area contributed by atoms with E-state index in [1.807, 2.05) is 0 Å². The molecule has 0 spiro atoms. The third kappa shape index (κ3) is 2.77. The van der Waals surface area contributed by atoms with E-state index in [1.54, 1.807) is 5.56 Å². The number of rotatable bonds is 3. The van der Waals surface area contributed by atoms with Crippen LogP contribution < -0.4 is 4.90 Å². The molecule has 3 aliphatic rings. The molecular weight excluding hydrogens is 304 g/mol. The molecule has 2 aromatic rings. The second-order valence-corrected chi connectivity index (χ2v) is 8.14. The SMILES string of the molecule is c1ccc(N2c3ccccc3[C@@H]3CN(CC4CCCC4)CC[C@H]32)cc1. The van der Waals surface area contributed by atoms with E-state index in [-0.39, 0.29) is 0 Å². The van der Waals surface area contributed by atoms with Crippen molar-refractivity contribution >= 4 is 11.4 Å².